The van der Waals surface area contributed by atoms with Gasteiger partial charge in [-0.3, -0.25) is 0 Å². The van der Waals surface area contributed by atoms with Crippen LogP contribution in [0.2, 0.25) is 0 Å². The molecule has 0 radical (unpaired) electrons. The maximum atomic E-state index is 10.9. The molecule has 0 aliphatic heterocycles. The third-order valence-electron chi connectivity index (χ3n) is 3.24. The molecule has 0 heterocycles. The molecule has 0 amide bonds. The molecule has 4 heteroatoms. The predicted molar refractivity (Wildman–Crippen MR) is 78.3 cm³/mol. The molecule has 0 saturated heterocycles. The Bertz CT molecular complexity index is 620. The number of carbonyl (C=O) groups is 1. The van der Waals surface area contributed by atoms with E-state index in [1.165, 1.54) is 0 Å². The second kappa shape index (κ2) is 5.65. The van der Waals surface area contributed by atoms with E-state index in [9.17, 15) is 9.90 Å². The number of phenolic OH excluding ortho intramolecular Hbond substituents is 1. The minimum Gasteiger partial charge on any atom is -0.508 e. The van der Waals surface area contributed by atoms with E-state index in [-0.39, 0.29) is 17.4 Å². The SMILES string of the molecule is Cc1cc(C(=O)O)ccc1NC(C)c1ccc(O)cc1. The van der Waals surface area contributed by atoms with Crippen LogP contribution in [0.1, 0.15) is 34.5 Å². The fourth-order valence-corrected chi connectivity index (χ4v) is 2.04. The monoisotopic (exact) mass is 271 g/mol. The van der Waals surface area contributed by atoms with Crippen molar-refractivity contribution in [1.29, 1.82) is 0 Å². The summed E-state index contributed by atoms with van der Waals surface area (Å²) in [5.41, 5.74) is 3.11. The number of hydrogen-bond acceptors (Lipinski definition) is 3. The lowest BCUT2D eigenvalue weighted by molar-refractivity contribution is 0.0697. The van der Waals surface area contributed by atoms with E-state index >= 15 is 0 Å². The molecule has 3 N–H and O–H groups in total. The standard InChI is InChI=1S/C16H17NO3/c1-10-9-13(16(19)20)5-8-15(10)17-11(2)12-3-6-14(18)7-4-12/h3-9,11,17-18H,1-2H3,(H,19,20). The first-order valence-electron chi connectivity index (χ1n) is 6.37. The van der Waals surface area contributed by atoms with Gasteiger partial charge < -0.3 is 15.5 Å². The number of aromatic hydroxyl groups is 1. The number of anilines is 1. The van der Waals surface area contributed by atoms with Crippen LogP contribution in [0.3, 0.4) is 0 Å². The highest BCUT2D eigenvalue weighted by atomic mass is 16.4. The van der Waals surface area contributed by atoms with E-state index in [0.29, 0.717) is 0 Å². The van der Waals surface area contributed by atoms with Crippen LogP contribution in [0, 0.1) is 6.92 Å². The Balaban J connectivity index is 2.17. The predicted octanol–water partition coefficient (Wildman–Crippen LogP) is 3.57. The Morgan fingerprint density at radius 1 is 1.15 bits per heavy atom. The molecule has 1 unspecified atom stereocenters. The van der Waals surface area contributed by atoms with E-state index in [1.54, 1.807) is 30.3 Å². The summed E-state index contributed by atoms with van der Waals surface area (Å²) in [5, 5.41) is 21.6. The van der Waals surface area contributed by atoms with Gasteiger partial charge in [-0.1, -0.05) is 12.1 Å². The quantitative estimate of drug-likeness (QED) is 0.795. The van der Waals surface area contributed by atoms with Crippen molar-refractivity contribution in [3.8, 4) is 5.75 Å². The van der Waals surface area contributed by atoms with Crippen LogP contribution >= 0.6 is 0 Å². The second-order valence-corrected chi connectivity index (χ2v) is 4.79. The molecular weight excluding hydrogens is 254 g/mol. The molecular formula is C16H17NO3. The van der Waals surface area contributed by atoms with Crippen LogP contribution in [0.25, 0.3) is 0 Å². The topological polar surface area (TPSA) is 69.6 Å². The zero-order valence-corrected chi connectivity index (χ0v) is 11.4. The van der Waals surface area contributed by atoms with Crippen molar-refractivity contribution in [1.82, 2.24) is 0 Å². The van der Waals surface area contributed by atoms with Gasteiger partial charge in [0.2, 0.25) is 0 Å². The van der Waals surface area contributed by atoms with Crippen molar-refractivity contribution < 1.29 is 15.0 Å². The maximum absolute atomic E-state index is 10.9. The number of aromatic carboxylic acids is 1. The molecule has 0 aliphatic rings. The first-order valence-corrected chi connectivity index (χ1v) is 6.37. The van der Waals surface area contributed by atoms with Crippen molar-refractivity contribution in [2.75, 3.05) is 5.32 Å². The molecule has 0 bridgehead atoms. The summed E-state index contributed by atoms with van der Waals surface area (Å²) in [5.74, 6) is -0.686. The highest BCUT2D eigenvalue weighted by Crippen LogP contribution is 2.24. The average molecular weight is 271 g/mol. The molecule has 0 aliphatic carbocycles. The largest absolute Gasteiger partial charge is 0.508 e. The van der Waals surface area contributed by atoms with Gasteiger partial charge in [-0.25, -0.2) is 4.79 Å². The van der Waals surface area contributed by atoms with Crippen LogP contribution in [0.5, 0.6) is 5.75 Å². The van der Waals surface area contributed by atoms with Gasteiger partial charge in [0.05, 0.1) is 5.56 Å². The minimum atomic E-state index is -0.925. The minimum absolute atomic E-state index is 0.0602. The lowest BCUT2D eigenvalue weighted by Gasteiger charge is -2.17. The molecule has 104 valence electrons. The summed E-state index contributed by atoms with van der Waals surface area (Å²) in [4.78, 5) is 10.9. The van der Waals surface area contributed by atoms with Crippen molar-refractivity contribution in [3.05, 3.63) is 59.2 Å². The van der Waals surface area contributed by atoms with Gasteiger partial charge in [-0.15, -0.1) is 0 Å². The average Bonchev–Trinajstić information content (AvgIpc) is 2.41. The van der Waals surface area contributed by atoms with Gasteiger partial charge in [0, 0.05) is 11.7 Å². The summed E-state index contributed by atoms with van der Waals surface area (Å²) in [7, 11) is 0. The van der Waals surface area contributed by atoms with E-state index in [4.69, 9.17) is 5.11 Å². The van der Waals surface area contributed by atoms with Crippen molar-refractivity contribution in [3.63, 3.8) is 0 Å². The van der Waals surface area contributed by atoms with Gasteiger partial charge >= 0.3 is 5.97 Å². The van der Waals surface area contributed by atoms with Gasteiger partial charge in [-0.05, 0) is 55.3 Å². The summed E-state index contributed by atoms with van der Waals surface area (Å²) in [6.45, 7) is 3.88. The van der Waals surface area contributed by atoms with Crippen molar-refractivity contribution in [2.45, 2.75) is 19.9 Å². The Labute approximate surface area is 117 Å². The van der Waals surface area contributed by atoms with E-state index < -0.39 is 5.97 Å². The number of carboxylic acid groups (broad SMARTS) is 1. The number of rotatable bonds is 4. The van der Waals surface area contributed by atoms with E-state index in [1.807, 2.05) is 26.0 Å². The molecule has 2 rings (SSSR count). The number of aryl methyl sites for hydroxylation is 1. The number of phenols is 1. The first kappa shape index (κ1) is 13.9. The lowest BCUT2D eigenvalue weighted by atomic mass is 10.1. The van der Waals surface area contributed by atoms with Gasteiger partial charge in [0.15, 0.2) is 0 Å². The molecule has 20 heavy (non-hydrogen) atoms. The Hall–Kier alpha value is -2.49. The van der Waals surface area contributed by atoms with Crippen LogP contribution in [0.4, 0.5) is 5.69 Å². The maximum Gasteiger partial charge on any atom is 0.335 e. The Morgan fingerprint density at radius 2 is 1.80 bits per heavy atom. The molecule has 0 aromatic heterocycles. The van der Waals surface area contributed by atoms with Gasteiger partial charge in [0.1, 0.15) is 5.75 Å². The van der Waals surface area contributed by atoms with Crippen LogP contribution in [-0.4, -0.2) is 16.2 Å². The molecule has 0 spiro atoms. The van der Waals surface area contributed by atoms with Crippen LogP contribution < -0.4 is 5.32 Å². The number of hydrogen-bond donors (Lipinski definition) is 3. The van der Waals surface area contributed by atoms with Crippen LogP contribution in [0.15, 0.2) is 42.5 Å². The second-order valence-electron chi connectivity index (χ2n) is 4.79. The third-order valence-corrected chi connectivity index (χ3v) is 3.24. The summed E-state index contributed by atoms with van der Waals surface area (Å²) < 4.78 is 0. The highest BCUT2D eigenvalue weighted by molar-refractivity contribution is 5.88. The third kappa shape index (κ3) is 3.09. The zero-order valence-electron chi connectivity index (χ0n) is 11.4. The van der Waals surface area contributed by atoms with Crippen molar-refractivity contribution >= 4 is 11.7 Å². The van der Waals surface area contributed by atoms with Gasteiger partial charge in [-0.2, -0.15) is 0 Å². The van der Waals surface area contributed by atoms with Gasteiger partial charge in [0.25, 0.3) is 0 Å². The fourth-order valence-electron chi connectivity index (χ4n) is 2.04. The molecule has 4 nitrogen and oxygen atoms in total. The summed E-state index contributed by atoms with van der Waals surface area (Å²) >= 11 is 0. The normalized spacial score (nSPS) is 11.9. The molecule has 2 aromatic carbocycles. The smallest absolute Gasteiger partial charge is 0.335 e. The Morgan fingerprint density at radius 3 is 2.35 bits per heavy atom. The highest BCUT2D eigenvalue weighted by Gasteiger charge is 2.09. The number of nitrogens with one attached hydrogen (secondary N) is 1. The summed E-state index contributed by atoms with van der Waals surface area (Å²) in [6.07, 6.45) is 0. The molecule has 0 fully saturated rings. The number of carboxylic acids is 1. The first-order chi connectivity index (χ1) is 9.47. The number of benzene rings is 2. The van der Waals surface area contributed by atoms with E-state index in [2.05, 4.69) is 5.32 Å². The lowest BCUT2D eigenvalue weighted by Crippen LogP contribution is -2.08. The Kier molecular flexibility index (Phi) is 3.94. The molecule has 0 saturated carbocycles. The van der Waals surface area contributed by atoms with Crippen LogP contribution in [-0.2, 0) is 0 Å². The zero-order chi connectivity index (χ0) is 14.7. The summed E-state index contributed by atoms with van der Waals surface area (Å²) in [6, 6.07) is 12.1. The van der Waals surface area contributed by atoms with Crippen molar-refractivity contribution in [2.24, 2.45) is 0 Å². The molecule has 1 atom stereocenters. The fraction of sp³-hybridized carbons (Fsp3) is 0.188. The molecule has 2 aromatic rings. The van der Waals surface area contributed by atoms with E-state index in [0.717, 1.165) is 16.8 Å².